The van der Waals surface area contributed by atoms with Crippen molar-refractivity contribution in [2.75, 3.05) is 6.54 Å². The van der Waals surface area contributed by atoms with Crippen LogP contribution < -0.4 is 10.1 Å². The predicted molar refractivity (Wildman–Crippen MR) is 89.3 cm³/mol. The van der Waals surface area contributed by atoms with Gasteiger partial charge in [0.2, 0.25) is 0 Å². The Morgan fingerprint density at radius 2 is 1.96 bits per heavy atom. The third-order valence-corrected chi connectivity index (χ3v) is 5.25. The Morgan fingerprint density at radius 3 is 2.62 bits per heavy atom. The Morgan fingerprint density at radius 1 is 1.19 bits per heavy atom. The largest absolute Gasteiger partial charge is 0.490 e. The van der Waals surface area contributed by atoms with Crippen LogP contribution in [0.25, 0.3) is 0 Å². The van der Waals surface area contributed by atoms with E-state index in [9.17, 15) is 29.9 Å². The Balaban J connectivity index is 1.72. The summed E-state index contributed by atoms with van der Waals surface area (Å²) in [6.45, 7) is 0.659. The molecule has 0 amide bonds. The summed E-state index contributed by atoms with van der Waals surface area (Å²) in [6, 6.07) is 2.96. The van der Waals surface area contributed by atoms with Gasteiger partial charge in [0.25, 0.3) is 5.69 Å². The molecule has 1 saturated carbocycles. The minimum atomic E-state index is -1.29. The van der Waals surface area contributed by atoms with E-state index in [2.05, 4.69) is 5.32 Å². The van der Waals surface area contributed by atoms with E-state index in [1.165, 1.54) is 12.1 Å². The number of aliphatic carboxylic acids is 1. The molecular weight excluding hydrogens is 344 g/mol. The van der Waals surface area contributed by atoms with Crippen LogP contribution in [-0.2, 0) is 4.79 Å². The maximum atomic E-state index is 11.4. The van der Waals surface area contributed by atoms with Gasteiger partial charge in [-0.15, -0.1) is 0 Å². The summed E-state index contributed by atoms with van der Waals surface area (Å²) in [6.07, 6.45) is 2.53. The Bertz CT molecular complexity index is 736. The lowest BCUT2D eigenvalue weighted by Gasteiger charge is -2.41. The number of nitro groups is 1. The molecule has 4 atom stereocenters. The van der Waals surface area contributed by atoms with Crippen LogP contribution in [0.5, 0.6) is 5.75 Å². The van der Waals surface area contributed by atoms with Gasteiger partial charge in [-0.3, -0.25) is 14.9 Å². The molecule has 1 aromatic carbocycles. The predicted octanol–water partition coefficient (Wildman–Crippen LogP) is 1.90. The molecule has 0 radical (unpaired) electrons. The summed E-state index contributed by atoms with van der Waals surface area (Å²) >= 11 is 0. The van der Waals surface area contributed by atoms with E-state index in [4.69, 9.17) is 4.74 Å². The summed E-state index contributed by atoms with van der Waals surface area (Å²) in [4.78, 5) is 32.8. The fourth-order valence-corrected chi connectivity index (χ4v) is 3.90. The number of carbonyl (C=O) groups is 2. The van der Waals surface area contributed by atoms with Crippen LogP contribution in [0.3, 0.4) is 0 Å². The lowest BCUT2D eigenvalue weighted by atomic mass is 9.72. The zero-order chi connectivity index (χ0) is 18.8. The Hall–Kier alpha value is -2.68. The molecule has 140 valence electrons. The van der Waals surface area contributed by atoms with Crippen LogP contribution in [-0.4, -0.2) is 45.8 Å². The van der Waals surface area contributed by atoms with Crippen LogP contribution in [0.2, 0.25) is 0 Å². The van der Waals surface area contributed by atoms with Gasteiger partial charge in [-0.1, -0.05) is 0 Å². The monoisotopic (exact) mass is 364 g/mol. The Labute approximate surface area is 149 Å². The van der Waals surface area contributed by atoms with Crippen molar-refractivity contribution in [1.82, 2.24) is 5.32 Å². The summed E-state index contributed by atoms with van der Waals surface area (Å²) in [7, 11) is 0. The van der Waals surface area contributed by atoms with Crippen molar-refractivity contribution in [1.29, 1.82) is 0 Å². The second-order valence-corrected chi connectivity index (χ2v) is 6.85. The molecule has 3 rings (SSSR count). The van der Waals surface area contributed by atoms with Gasteiger partial charge in [-0.2, -0.15) is 0 Å². The van der Waals surface area contributed by atoms with E-state index in [-0.39, 0.29) is 29.0 Å². The number of benzene rings is 1. The van der Waals surface area contributed by atoms with Crippen LogP contribution in [0.15, 0.2) is 18.2 Å². The molecular formula is C17H20N2O7. The Kier molecular flexibility index (Phi) is 5.08. The van der Waals surface area contributed by atoms with Crippen molar-refractivity contribution in [3.05, 3.63) is 33.9 Å². The first-order valence-corrected chi connectivity index (χ1v) is 8.49. The standard InChI is InChI=1S/C17H20N2O7/c20-16(21)13-7-11(19(24)25)2-4-15(13)26-12-3-1-9-8-18-14(17(22)23)6-10(9)5-12/h2,4,7,9-10,12,14,18H,1,3,5-6,8H2,(H,20,21)(H,22,23)/t9?,10?,12-,14-/m0/s1. The topological polar surface area (TPSA) is 139 Å². The quantitative estimate of drug-likeness (QED) is 0.532. The van der Waals surface area contributed by atoms with E-state index in [1.54, 1.807) is 0 Å². The van der Waals surface area contributed by atoms with Gasteiger partial charge < -0.3 is 20.3 Å². The zero-order valence-electron chi connectivity index (χ0n) is 14.0. The smallest absolute Gasteiger partial charge is 0.339 e. The van der Waals surface area contributed by atoms with E-state index in [1.807, 2.05) is 0 Å². The fourth-order valence-electron chi connectivity index (χ4n) is 3.90. The number of nitrogens with one attached hydrogen (secondary N) is 1. The van der Waals surface area contributed by atoms with E-state index in [0.29, 0.717) is 25.3 Å². The lowest BCUT2D eigenvalue weighted by Crippen LogP contribution is -2.50. The highest BCUT2D eigenvalue weighted by Crippen LogP contribution is 2.38. The van der Waals surface area contributed by atoms with Gasteiger partial charge in [0.05, 0.1) is 11.0 Å². The van der Waals surface area contributed by atoms with Crippen molar-refractivity contribution < 1.29 is 29.5 Å². The highest BCUT2D eigenvalue weighted by Gasteiger charge is 2.38. The molecule has 1 aromatic rings. The van der Waals surface area contributed by atoms with E-state index < -0.39 is 22.9 Å². The number of hydrogen-bond donors (Lipinski definition) is 3. The zero-order valence-corrected chi connectivity index (χ0v) is 14.0. The van der Waals surface area contributed by atoms with Crippen molar-refractivity contribution in [3.8, 4) is 5.75 Å². The molecule has 1 aliphatic heterocycles. The van der Waals surface area contributed by atoms with Gasteiger partial charge in [0, 0.05) is 12.1 Å². The minimum absolute atomic E-state index is 0.107. The van der Waals surface area contributed by atoms with Crippen LogP contribution in [0.4, 0.5) is 5.69 Å². The summed E-state index contributed by atoms with van der Waals surface area (Å²) < 4.78 is 5.86. The van der Waals surface area contributed by atoms with Gasteiger partial charge in [0.15, 0.2) is 0 Å². The summed E-state index contributed by atoms with van der Waals surface area (Å²) in [5, 5.41) is 32.4. The number of carboxylic acids is 2. The molecule has 2 fully saturated rings. The number of nitro benzene ring substituents is 1. The summed E-state index contributed by atoms with van der Waals surface area (Å²) in [5.74, 6) is -1.46. The fraction of sp³-hybridized carbons (Fsp3) is 0.529. The number of hydrogen-bond acceptors (Lipinski definition) is 6. The average molecular weight is 364 g/mol. The molecule has 9 heteroatoms. The van der Waals surface area contributed by atoms with E-state index >= 15 is 0 Å². The molecule has 0 spiro atoms. The number of carboxylic acid groups (broad SMARTS) is 2. The summed E-state index contributed by atoms with van der Waals surface area (Å²) in [5.41, 5.74) is -0.545. The number of fused-ring (bicyclic) bond motifs is 1. The van der Waals surface area contributed by atoms with Gasteiger partial charge in [0.1, 0.15) is 17.4 Å². The molecule has 1 saturated heterocycles. The number of non-ortho nitro benzene ring substituents is 1. The first-order chi connectivity index (χ1) is 12.3. The van der Waals surface area contributed by atoms with Crippen molar-refractivity contribution in [2.45, 2.75) is 37.8 Å². The average Bonchev–Trinajstić information content (AvgIpc) is 2.61. The third-order valence-electron chi connectivity index (χ3n) is 5.25. The highest BCUT2D eigenvalue weighted by molar-refractivity contribution is 5.91. The van der Waals surface area contributed by atoms with Crippen LogP contribution >= 0.6 is 0 Å². The molecule has 3 N–H and O–H groups in total. The number of aromatic carboxylic acids is 1. The molecule has 9 nitrogen and oxygen atoms in total. The first-order valence-electron chi connectivity index (χ1n) is 8.49. The first kappa shape index (κ1) is 18.1. The van der Waals surface area contributed by atoms with E-state index in [0.717, 1.165) is 18.9 Å². The third kappa shape index (κ3) is 3.77. The molecule has 0 bridgehead atoms. The molecule has 2 aliphatic rings. The number of rotatable bonds is 5. The van der Waals surface area contributed by atoms with Crippen LogP contribution in [0.1, 0.15) is 36.0 Å². The second kappa shape index (κ2) is 7.28. The maximum absolute atomic E-state index is 11.4. The SMILES string of the molecule is O=C(O)c1cc([N+](=O)[O-])ccc1O[C@H]1CCC2CN[C@H](C(=O)O)CC2C1. The van der Waals surface area contributed by atoms with Crippen molar-refractivity contribution >= 4 is 17.6 Å². The lowest BCUT2D eigenvalue weighted by molar-refractivity contribution is -0.384. The molecule has 0 aromatic heterocycles. The number of piperidine rings is 1. The number of ether oxygens (including phenoxy) is 1. The second-order valence-electron chi connectivity index (χ2n) is 6.85. The van der Waals surface area contributed by atoms with Gasteiger partial charge in [-0.05, 0) is 50.1 Å². The molecule has 2 unspecified atom stereocenters. The molecule has 26 heavy (non-hydrogen) atoms. The number of nitrogens with zero attached hydrogens (tertiary/aromatic N) is 1. The van der Waals surface area contributed by atoms with Crippen LogP contribution in [0, 0.1) is 22.0 Å². The molecule has 1 aliphatic carbocycles. The highest BCUT2D eigenvalue weighted by atomic mass is 16.6. The van der Waals surface area contributed by atoms with Crippen molar-refractivity contribution in [3.63, 3.8) is 0 Å². The van der Waals surface area contributed by atoms with Gasteiger partial charge >= 0.3 is 11.9 Å². The minimum Gasteiger partial charge on any atom is -0.490 e. The maximum Gasteiger partial charge on any atom is 0.339 e. The van der Waals surface area contributed by atoms with Gasteiger partial charge in [-0.25, -0.2) is 4.79 Å². The van der Waals surface area contributed by atoms with Crippen molar-refractivity contribution in [2.24, 2.45) is 11.8 Å². The normalized spacial score (nSPS) is 28.0. The molecule has 1 heterocycles.